The second-order valence-corrected chi connectivity index (χ2v) is 8.53. The molecule has 1 fully saturated rings. The van der Waals surface area contributed by atoms with Crippen molar-refractivity contribution in [2.24, 2.45) is 0 Å². The first-order valence-electron chi connectivity index (χ1n) is 5.34. The lowest BCUT2D eigenvalue weighted by atomic mass is 10.3. The normalized spacial score (nSPS) is 27.7. The van der Waals surface area contributed by atoms with Crippen LogP contribution in [0.2, 0.25) is 11.1 Å². The molecule has 0 aromatic carbocycles. The first kappa shape index (κ1) is 12.2. The summed E-state index contributed by atoms with van der Waals surface area (Å²) in [6, 6.07) is 0. The first-order chi connectivity index (χ1) is 6.46. The molecular formula is C9H20O3SSi. The molecule has 2 atom stereocenters. The molecule has 3 nitrogen and oxygen atoms in total. The van der Waals surface area contributed by atoms with Crippen molar-refractivity contribution in [2.45, 2.75) is 50.3 Å². The Morgan fingerprint density at radius 2 is 2.00 bits per heavy atom. The van der Waals surface area contributed by atoms with Gasteiger partial charge in [0.25, 0.3) is 10.1 Å². The summed E-state index contributed by atoms with van der Waals surface area (Å²) in [7, 11) is -3.36. The van der Waals surface area contributed by atoms with Crippen molar-refractivity contribution < 1.29 is 12.6 Å². The minimum atomic E-state index is -3.22. The first-order valence-corrected chi connectivity index (χ1v) is 8.79. The average molecular weight is 236 g/mol. The van der Waals surface area contributed by atoms with Crippen molar-refractivity contribution in [2.75, 3.05) is 6.26 Å². The lowest BCUT2D eigenvalue weighted by Crippen LogP contribution is -2.09. The van der Waals surface area contributed by atoms with Gasteiger partial charge in [0, 0.05) is 9.52 Å². The van der Waals surface area contributed by atoms with Gasteiger partial charge in [-0.05, 0) is 12.0 Å². The second-order valence-electron chi connectivity index (χ2n) is 4.25. The summed E-state index contributed by atoms with van der Waals surface area (Å²) in [4.78, 5) is 0. The van der Waals surface area contributed by atoms with Crippen LogP contribution in [0.4, 0.5) is 0 Å². The van der Waals surface area contributed by atoms with Crippen molar-refractivity contribution in [3.8, 4) is 0 Å². The third-order valence-electron chi connectivity index (χ3n) is 2.95. The van der Waals surface area contributed by atoms with E-state index in [0.717, 1.165) is 18.2 Å². The van der Waals surface area contributed by atoms with Gasteiger partial charge in [0.2, 0.25) is 0 Å². The van der Waals surface area contributed by atoms with Crippen LogP contribution in [0.5, 0.6) is 0 Å². The Morgan fingerprint density at radius 1 is 1.43 bits per heavy atom. The standard InChI is InChI=1S/C9H20O3SSi/c1-4-7(5-2)14-9-6-8(9)12-13(3,10)11/h7-9H,4-6,14H2,1-3H3. The van der Waals surface area contributed by atoms with E-state index in [9.17, 15) is 8.42 Å². The van der Waals surface area contributed by atoms with E-state index >= 15 is 0 Å². The molecule has 0 aromatic heterocycles. The monoisotopic (exact) mass is 236 g/mol. The molecule has 1 rings (SSSR count). The van der Waals surface area contributed by atoms with Gasteiger partial charge in [-0.2, -0.15) is 8.42 Å². The quantitative estimate of drug-likeness (QED) is 0.516. The third-order valence-corrected chi connectivity index (χ3v) is 6.83. The fourth-order valence-corrected chi connectivity index (χ4v) is 5.13. The Hall–Kier alpha value is 0.127. The fourth-order valence-electron chi connectivity index (χ4n) is 1.86. The van der Waals surface area contributed by atoms with Gasteiger partial charge in [-0.25, -0.2) is 0 Å². The molecule has 1 aliphatic rings. The summed E-state index contributed by atoms with van der Waals surface area (Å²) in [5.41, 5.74) is 1.49. The second kappa shape index (κ2) is 4.77. The highest BCUT2D eigenvalue weighted by molar-refractivity contribution is 7.86. The van der Waals surface area contributed by atoms with Gasteiger partial charge < -0.3 is 0 Å². The molecule has 1 aliphatic carbocycles. The van der Waals surface area contributed by atoms with Crippen molar-refractivity contribution in [1.82, 2.24) is 0 Å². The highest BCUT2D eigenvalue weighted by atomic mass is 32.2. The van der Waals surface area contributed by atoms with Crippen LogP contribution in [0.3, 0.4) is 0 Å². The Morgan fingerprint density at radius 3 is 2.43 bits per heavy atom. The largest absolute Gasteiger partial charge is 0.267 e. The lowest BCUT2D eigenvalue weighted by Gasteiger charge is -2.10. The fraction of sp³-hybridized carbons (Fsp3) is 1.00. The maximum Gasteiger partial charge on any atom is 0.264 e. The molecule has 5 heteroatoms. The summed E-state index contributed by atoms with van der Waals surface area (Å²) in [6.45, 7) is 4.44. The predicted molar refractivity (Wildman–Crippen MR) is 61.0 cm³/mol. The van der Waals surface area contributed by atoms with E-state index < -0.39 is 10.1 Å². The van der Waals surface area contributed by atoms with Crippen molar-refractivity contribution in [3.05, 3.63) is 0 Å². The molecular weight excluding hydrogens is 216 g/mol. The smallest absolute Gasteiger partial charge is 0.264 e. The van der Waals surface area contributed by atoms with Crippen LogP contribution >= 0.6 is 0 Å². The molecule has 0 radical (unpaired) electrons. The van der Waals surface area contributed by atoms with E-state index in [2.05, 4.69) is 13.8 Å². The van der Waals surface area contributed by atoms with Gasteiger partial charge in [-0.15, -0.1) is 0 Å². The van der Waals surface area contributed by atoms with E-state index in [4.69, 9.17) is 4.18 Å². The van der Waals surface area contributed by atoms with Gasteiger partial charge >= 0.3 is 0 Å². The lowest BCUT2D eigenvalue weighted by molar-refractivity contribution is 0.308. The van der Waals surface area contributed by atoms with E-state index in [-0.39, 0.29) is 15.6 Å². The molecule has 0 heterocycles. The highest BCUT2D eigenvalue weighted by Gasteiger charge is 2.41. The zero-order valence-corrected chi connectivity index (χ0v) is 11.4. The van der Waals surface area contributed by atoms with Crippen LogP contribution in [0, 0.1) is 0 Å². The summed E-state index contributed by atoms with van der Waals surface area (Å²) < 4.78 is 26.6. The minimum absolute atomic E-state index is 0.0391. The van der Waals surface area contributed by atoms with E-state index in [1.54, 1.807) is 0 Å². The summed E-state index contributed by atoms with van der Waals surface area (Å²) in [6.07, 6.45) is 4.64. The predicted octanol–water partition coefficient (Wildman–Crippen LogP) is 1.30. The van der Waals surface area contributed by atoms with Gasteiger partial charge in [-0.1, -0.05) is 32.2 Å². The summed E-state index contributed by atoms with van der Waals surface area (Å²) in [5.74, 6) is 0. The molecule has 1 saturated carbocycles. The molecule has 2 unspecified atom stereocenters. The van der Waals surface area contributed by atoms with Gasteiger partial charge in [0.1, 0.15) is 0 Å². The van der Waals surface area contributed by atoms with Crippen LogP contribution < -0.4 is 0 Å². The van der Waals surface area contributed by atoms with Crippen LogP contribution in [-0.4, -0.2) is 30.3 Å². The van der Waals surface area contributed by atoms with Crippen LogP contribution in [-0.2, 0) is 14.3 Å². The Balaban J connectivity index is 2.26. The molecule has 84 valence electrons. The summed E-state index contributed by atoms with van der Waals surface area (Å²) in [5, 5.41) is 0. The zero-order valence-electron chi connectivity index (χ0n) is 9.19. The Labute approximate surface area is 89.2 Å². The van der Waals surface area contributed by atoms with E-state index in [0.29, 0.717) is 5.54 Å². The SMILES string of the molecule is CCC(CC)[SiH2]C1CC1OS(C)(=O)=O. The topological polar surface area (TPSA) is 43.4 Å². The average Bonchev–Trinajstić information content (AvgIpc) is 2.76. The van der Waals surface area contributed by atoms with Gasteiger partial charge in [-0.3, -0.25) is 4.18 Å². The van der Waals surface area contributed by atoms with Gasteiger partial charge in [0.15, 0.2) is 0 Å². The van der Waals surface area contributed by atoms with Crippen molar-refractivity contribution in [3.63, 3.8) is 0 Å². The van der Waals surface area contributed by atoms with Crippen LogP contribution in [0.15, 0.2) is 0 Å². The maximum absolute atomic E-state index is 10.8. The van der Waals surface area contributed by atoms with Crippen LogP contribution in [0.25, 0.3) is 0 Å². The Bertz CT molecular complexity index is 272. The molecule has 0 bridgehead atoms. The molecule has 0 amide bonds. The molecule has 0 spiro atoms. The number of rotatable bonds is 6. The van der Waals surface area contributed by atoms with Crippen molar-refractivity contribution in [1.29, 1.82) is 0 Å². The Kier molecular flexibility index (Phi) is 4.15. The van der Waals surface area contributed by atoms with E-state index in [1.165, 1.54) is 12.8 Å². The van der Waals surface area contributed by atoms with Gasteiger partial charge in [0.05, 0.1) is 12.4 Å². The highest BCUT2D eigenvalue weighted by Crippen LogP contribution is 2.43. The number of hydrogen-bond acceptors (Lipinski definition) is 3. The maximum atomic E-state index is 10.8. The van der Waals surface area contributed by atoms with E-state index in [1.807, 2.05) is 0 Å². The molecule has 0 aromatic rings. The van der Waals surface area contributed by atoms with Crippen molar-refractivity contribution >= 4 is 19.6 Å². The summed E-state index contributed by atoms with van der Waals surface area (Å²) >= 11 is 0. The third kappa shape index (κ3) is 4.10. The zero-order chi connectivity index (χ0) is 10.8. The molecule has 0 aliphatic heterocycles. The molecule has 14 heavy (non-hydrogen) atoms. The number of hydrogen-bond donors (Lipinski definition) is 0. The van der Waals surface area contributed by atoms with Crippen LogP contribution in [0.1, 0.15) is 33.1 Å². The molecule has 0 N–H and O–H groups in total. The molecule has 0 saturated heterocycles. The minimum Gasteiger partial charge on any atom is -0.267 e.